The largest absolute Gasteiger partial charge is 0.486 e. The maximum Gasteiger partial charge on any atom is 0.311 e. The molecule has 1 N–H and O–H groups in total. The molecule has 1 fully saturated rings. The molecule has 2 heterocycles. The Hall–Kier alpha value is -2.77. The summed E-state index contributed by atoms with van der Waals surface area (Å²) in [6.45, 7) is 5.30. The lowest BCUT2D eigenvalue weighted by Gasteiger charge is -2.22. The number of amides is 2. The Balaban J connectivity index is 1.55. The van der Waals surface area contributed by atoms with Crippen molar-refractivity contribution in [3.63, 3.8) is 0 Å². The zero-order valence-electron chi connectivity index (χ0n) is 15.5. The predicted molar refractivity (Wildman–Crippen MR) is 96.7 cm³/mol. The van der Waals surface area contributed by atoms with Crippen LogP contribution in [0.15, 0.2) is 18.2 Å². The molecule has 27 heavy (non-hydrogen) atoms. The fraction of sp³-hybridized carbons (Fsp3) is 0.526. The van der Waals surface area contributed by atoms with Crippen molar-refractivity contribution in [3.8, 4) is 11.5 Å². The van der Waals surface area contributed by atoms with Gasteiger partial charge < -0.3 is 24.4 Å². The van der Waals surface area contributed by atoms with E-state index in [9.17, 15) is 14.4 Å². The Morgan fingerprint density at radius 3 is 2.74 bits per heavy atom. The Morgan fingerprint density at radius 1 is 1.26 bits per heavy atom. The maximum atomic E-state index is 12.3. The van der Waals surface area contributed by atoms with Gasteiger partial charge in [-0.25, -0.2) is 0 Å². The SMILES string of the molecule is CC(C)CNC(=O)COC(=O)[C@@H]1CC(=O)N(c2ccc3c(c2)OCCO3)C1. The van der Waals surface area contributed by atoms with E-state index >= 15 is 0 Å². The lowest BCUT2D eigenvalue weighted by atomic mass is 10.1. The van der Waals surface area contributed by atoms with E-state index in [2.05, 4.69) is 5.32 Å². The molecule has 2 amide bonds. The van der Waals surface area contributed by atoms with E-state index in [1.54, 1.807) is 18.2 Å². The topological polar surface area (TPSA) is 94.2 Å². The van der Waals surface area contributed by atoms with Gasteiger partial charge in [-0.1, -0.05) is 13.8 Å². The quantitative estimate of drug-likeness (QED) is 0.748. The summed E-state index contributed by atoms with van der Waals surface area (Å²) in [4.78, 5) is 37.7. The van der Waals surface area contributed by atoms with Gasteiger partial charge in [-0.3, -0.25) is 14.4 Å². The molecular formula is C19H24N2O6. The smallest absolute Gasteiger partial charge is 0.311 e. The van der Waals surface area contributed by atoms with Crippen LogP contribution in [0.25, 0.3) is 0 Å². The van der Waals surface area contributed by atoms with E-state index in [4.69, 9.17) is 14.2 Å². The molecular weight excluding hydrogens is 352 g/mol. The van der Waals surface area contributed by atoms with E-state index in [1.165, 1.54) is 4.90 Å². The van der Waals surface area contributed by atoms with Crippen molar-refractivity contribution in [2.75, 3.05) is 37.8 Å². The van der Waals surface area contributed by atoms with E-state index in [-0.39, 0.29) is 31.4 Å². The summed E-state index contributed by atoms with van der Waals surface area (Å²) < 4.78 is 16.1. The highest BCUT2D eigenvalue weighted by Gasteiger charge is 2.36. The molecule has 0 radical (unpaired) electrons. The average Bonchev–Trinajstić information content (AvgIpc) is 3.05. The molecule has 1 atom stereocenters. The number of ether oxygens (including phenoxy) is 3. The van der Waals surface area contributed by atoms with Gasteiger partial charge in [-0.15, -0.1) is 0 Å². The minimum atomic E-state index is -0.594. The number of hydrogen-bond donors (Lipinski definition) is 1. The molecule has 0 unspecified atom stereocenters. The van der Waals surface area contributed by atoms with Crippen LogP contribution in [-0.4, -0.2) is 50.7 Å². The van der Waals surface area contributed by atoms with Crippen molar-refractivity contribution < 1.29 is 28.6 Å². The Bertz CT molecular complexity index is 733. The molecule has 1 saturated heterocycles. The first-order valence-corrected chi connectivity index (χ1v) is 9.07. The van der Waals surface area contributed by atoms with Gasteiger partial charge in [0.15, 0.2) is 18.1 Å². The molecule has 0 saturated carbocycles. The molecule has 0 aromatic heterocycles. The number of nitrogens with one attached hydrogen (secondary N) is 1. The third kappa shape index (κ3) is 4.69. The van der Waals surface area contributed by atoms with Crippen LogP contribution in [0, 0.1) is 11.8 Å². The third-order valence-electron chi connectivity index (χ3n) is 4.35. The molecule has 0 aliphatic carbocycles. The van der Waals surface area contributed by atoms with E-state index in [1.807, 2.05) is 13.8 Å². The van der Waals surface area contributed by atoms with E-state index < -0.39 is 11.9 Å². The highest BCUT2D eigenvalue weighted by molar-refractivity contribution is 5.99. The summed E-state index contributed by atoms with van der Waals surface area (Å²) in [6.07, 6.45) is 0.0564. The first-order chi connectivity index (χ1) is 12.9. The number of hydrogen-bond acceptors (Lipinski definition) is 6. The van der Waals surface area contributed by atoms with Gasteiger partial charge in [-0.05, 0) is 18.1 Å². The number of rotatable bonds is 6. The van der Waals surface area contributed by atoms with Crippen molar-refractivity contribution in [1.82, 2.24) is 5.32 Å². The van der Waals surface area contributed by atoms with E-state index in [0.717, 1.165) is 0 Å². The summed E-state index contributed by atoms with van der Waals surface area (Å²) in [7, 11) is 0. The van der Waals surface area contributed by atoms with Crippen LogP contribution >= 0.6 is 0 Å². The summed E-state index contributed by atoms with van der Waals surface area (Å²) in [5, 5.41) is 2.68. The molecule has 146 valence electrons. The molecule has 0 bridgehead atoms. The number of anilines is 1. The zero-order valence-corrected chi connectivity index (χ0v) is 15.5. The minimum absolute atomic E-state index is 0.0564. The van der Waals surface area contributed by atoms with Gasteiger partial charge in [0.25, 0.3) is 5.91 Å². The van der Waals surface area contributed by atoms with Crippen LogP contribution in [0.1, 0.15) is 20.3 Å². The summed E-state index contributed by atoms with van der Waals surface area (Å²) in [6, 6.07) is 5.25. The minimum Gasteiger partial charge on any atom is -0.486 e. The average molecular weight is 376 g/mol. The standard InChI is InChI=1S/C19H24N2O6/c1-12(2)9-20-17(22)11-27-19(24)13-7-18(23)21(10-13)14-3-4-15-16(8-14)26-6-5-25-15/h3-4,8,12-13H,5-7,9-11H2,1-2H3,(H,20,22)/t13-/m1/s1. The number of carbonyl (C=O) groups is 3. The second kappa shape index (κ2) is 8.28. The van der Waals surface area contributed by atoms with Gasteiger partial charge in [0.1, 0.15) is 13.2 Å². The van der Waals surface area contributed by atoms with Crippen molar-refractivity contribution in [1.29, 1.82) is 0 Å². The first-order valence-electron chi connectivity index (χ1n) is 9.07. The lowest BCUT2D eigenvalue weighted by Crippen LogP contribution is -2.33. The fourth-order valence-electron chi connectivity index (χ4n) is 2.94. The number of esters is 1. The van der Waals surface area contributed by atoms with Gasteiger partial charge in [0.05, 0.1) is 5.92 Å². The Morgan fingerprint density at radius 2 is 2.00 bits per heavy atom. The molecule has 1 aromatic rings. The van der Waals surface area contributed by atoms with Crippen molar-refractivity contribution in [2.24, 2.45) is 11.8 Å². The molecule has 3 rings (SSSR count). The van der Waals surface area contributed by atoms with Crippen molar-refractivity contribution >= 4 is 23.5 Å². The molecule has 1 aromatic carbocycles. The van der Waals surface area contributed by atoms with Gasteiger partial charge in [0, 0.05) is 31.3 Å². The van der Waals surface area contributed by atoms with Crippen LogP contribution in [0.3, 0.4) is 0 Å². The molecule has 8 heteroatoms. The summed E-state index contributed by atoms with van der Waals surface area (Å²) in [5.74, 6) is -0.106. The number of benzene rings is 1. The highest BCUT2D eigenvalue weighted by Crippen LogP contribution is 2.36. The monoisotopic (exact) mass is 376 g/mol. The Kier molecular flexibility index (Phi) is 5.83. The second-order valence-corrected chi connectivity index (χ2v) is 7.04. The third-order valence-corrected chi connectivity index (χ3v) is 4.35. The second-order valence-electron chi connectivity index (χ2n) is 7.04. The number of fused-ring (bicyclic) bond motifs is 1. The molecule has 2 aliphatic rings. The van der Waals surface area contributed by atoms with Crippen LogP contribution in [0.4, 0.5) is 5.69 Å². The first kappa shape index (κ1) is 19.0. The van der Waals surface area contributed by atoms with E-state index in [0.29, 0.717) is 42.9 Å². The van der Waals surface area contributed by atoms with Crippen LogP contribution in [0.5, 0.6) is 11.5 Å². The van der Waals surface area contributed by atoms with Crippen LogP contribution < -0.4 is 19.7 Å². The van der Waals surface area contributed by atoms with Crippen molar-refractivity contribution in [2.45, 2.75) is 20.3 Å². The highest BCUT2D eigenvalue weighted by atomic mass is 16.6. The summed E-state index contributed by atoms with van der Waals surface area (Å²) in [5.41, 5.74) is 0.647. The lowest BCUT2D eigenvalue weighted by molar-refractivity contribution is -0.152. The van der Waals surface area contributed by atoms with Crippen LogP contribution in [-0.2, 0) is 19.1 Å². The normalized spacial score (nSPS) is 18.6. The Labute approximate surface area is 157 Å². The molecule has 2 aliphatic heterocycles. The fourth-order valence-corrected chi connectivity index (χ4v) is 2.94. The molecule has 8 nitrogen and oxygen atoms in total. The van der Waals surface area contributed by atoms with Gasteiger partial charge >= 0.3 is 5.97 Å². The zero-order chi connectivity index (χ0) is 19.4. The number of nitrogens with zero attached hydrogens (tertiary/aromatic N) is 1. The number of carbonyl (C=O) groups excluding carboxylic acids is 3. The van der Waals surface area contributed by atoms with Crippen molar-refractivity contribution in [3.05, 3.63) is 18.2 Å². The predicted octanol–water partition coefficient (Wildman–Crippen LogP) is 1.13. The van der Waals surface area contributed by atoms with Crippen LogP contribution in [0.2, 0.25) is 0 Å². The maximum absolute atomic E-state index is 12.3. The van der Waals surface area contributed by atoms with Gasteiger partial charge in [-0.2, -0.15) is 0 Å². The van der Waals surface area contributed by atoms with Gasteiger partial charge in [0.2, 0.25) is 5.91 Å². The molecule has 0 spiro atoms. The summed E-state index contributed by atoms with van der Waals surface area (Å²) >= 11 is 0.